The highest BCUT2D eigenvalue weighted by Gasteiger charge is 2.15. The maximum Gasteiger partial charge on any atom is 0.288 e. The van der Waals surface area contributed by atoms with Crippen LogP contribution in [0.25, 0.3) is 17.4 Å². The number of nitrogens with zero attached hydrogens (tertiary/aromatic N) is 2. The van der Waals surface area contributed by atoms with Crippen LogP contribution in [0.5, 0.6) is 0 Å². The molecule has 110 valence electrons. The minimum Gasteiger partial charge on any atom is -0.457 e. The molecule has 0 saturated heterocycles. The standard InChI is InChI=1S/C14H8ClN3O3S/c15-11-3-1-8(6-12(11)18(19)20)13-4-2-10(21-13)5-9(7-16)14(17)22/h1-6H,(H2,17,22)/b9-5+. The summed E-state index contributed by atoms with van der Waals surface area (Å²) in [5.41, 5.74) is 5.78. The summed E-state index contributed by atoms with van der Waals surface area (Å²) in [6.45, 7) is 0. The summed E-state index contributed by atoms with van der Waals surface area (Å²) in [5.74, 6) is 0.753. The monoisotopic (exact) mass is 333 g/mol. The summed E-state index contributed by atoms with van der Waals surface area (Å²) in [6, 6.07) is 9.41. The van der Waals surface area contributed by atoms with Crippen molar-refractivity contribution < 1.29 is 9.34 Å². The molecule has 0 spiro atoms. The molecule has 0 atom stereocenters. The van der Waals surface area contributed by atoms with Crippen LogP contribution in [0, 0.1) is 21.4 Å². The topological polar surface area (TPSA) is 106 Å². The lowest BCUT2D eigenvalue weighted by Gasteiger charge is -1.99. The van der Waals surface area contributed by atoms with Gasteiger partial charge >= 0.3 is 0 Å². The first-order valence-electron chi connectivity index (χ1n) is 5.88. The van der Waals surface area contributed by atoms with Crippen LogP contribution >= 0.6 is 23.8 Å². The molecule has 1 aromatic carbocycles. The molecule has 0 fully saturated rings. The zero-order valence-corrected chi connectivity index (χ0v) is 12.5. The van der Waals surface area contributed by atoms with Crippen molar-refractivity contribution >= 4 is 40.6 Å². The lowest BCUT2D eigenvalue weighted by Crippen LogP contribution is -2.09. The van der Waals surface area contributed by atoms with Gasteiger partial charge < -0.3 is 10.2 Å². The summed E-state index contributed by atoms with van der Waals surface area (Å²) < 4.78 is 5.52. The molecule has 0 saturated carbocycles. The van der Waals surface area contributed by atoms with E-state index in [1.54, 1.807) is 18.2 Å². The molecular weight excluding hydrogens is 326 g/mol. The summed E-state index contributed by atoms with van der Waals surface area (Å²) in [5, 5.41) is 19.8. The Bertz CT molecular complexity index is 836. The number of halogens is 1. The SMILES string of the molecule is N#C/C(=C\c1ccc(-c2ccc(Cl)c([N+](=O)[O-])c2)o1)C(N)=S. The lowest BCUT2D eigenvalue weighted by atomic mass is 10.1. The minimum absolute atomic E-state index is 0.0393. The second-order valence-electron chi connectivity index (χ2n) is 4.16. The van der Waals surface area contributed by atoms with Gasteiger partial charge in [-0.2, -0.15) is 5.26 Å². The number of hydrogen-bond donors (Lipinski definition) is 1. The maximum absolute atomic E-state index is 10.9. The van der Waals surface area contributed by atoms with Gasteiger partial charge in [-0.15, -0.1) is 0 Å². The van der Waals surface area contributed by atoms with Crippen molar-refractivity contribution in [2.24, 2.45) is 5.73 Å². The highest BCUT2D eigenvalue weighted by atomic mass is 35.5. The van der Waals surface area contributed by atoms with E-state index in [4.69, 9.17) is 39.2 Å². The number of benzene rings is 1. The quantitative estimate of drug-likeness (QED) is 0.300. The zero-order valence-electron chi connectivity index (χ0n) is 10.9. The number of nitro benzene ring substituents is 1. The third-order valence-corrected chi connectivity index (χ3v) is 3.27. The van der Waals surface area contributed by atoms with Gasteiger partial charge in [-0.25, -0.2) is 0 Å². The van der Waals surface area contributed by atoms with Gasteiger partial charge in [0.1, 0.15) is 27.6 Å². The molecule has 0 unspecified atom stereocenters. The molecule has 2 rings (SSSR count). The molecule has 0 radical (unpaired) electrons. The zero-order chi connectivity index (χ0) is 16.3. The fraction of sp³-hybridized carbons (Fsp3) is 0. The van der Waals surface area contributed by atoms with E-state index in [-0.39, 0.29) is 21.3 Å². The molecule has 8 heteroatoms. The van der Waals surface area contributed by atoms with Crippen LogP contribution in [0.15, 0.2) is 40.3 Å². The van der Waals surface area contributed by atoms with Gasteiger partial charge in [-0.05, 0) is 24.3 Å². The first kappa shape index (κ1) is 15.7. The van der Waals surface area contributed by atoms with Gasteiger partial charge in [0, 0.05) is 17.7 Å². The second-order valence-corrected chi connectivity index (χ2v) is 5.01. The Morgan fingerprint density at radius 3 is 2.77 bits per heavy atom. The van der Waals surface area contributed by atoms with Gasteiger partial charge in [0.25, 0.3) is 5.69 Å². The first-order valence-corrected chi connectivity index (χ1v) is 6.66. The van der Waals surface area contributed by atoms with Crippen LogP contribution < -0.4 is 5.73 Å². The predicted molar refractivity (Wildman–Crippen MR) is 86.2 cm³/mol. The summed E-state index contributed by atoms with van der Waals surface area (Å²) >= 11 is 10.5. The predicted octanol–water partition coefficient (Wildman–Crippen LogP) is 3.70. The first-order chi connectivity index (χ1) is 10.4. The summed E-state index contributed by atoms with van der Waals surface area (Å²) in [6.07, 6.45) is 1.40. The second kappa shape index (κ2) is 6.39. The van der Waals surface area contributed by atoms with Gasteiger partial charge in [0.15, 0.2) is 0 Å². The highest BCUT2D eigenvalue weighted by Crippen LogP contribution is 2.31. The van der Waals surface area contributed by atoms with Crippen molar-refractivity contribution in [2.75, 3.05) is 0 Å². The van der Waals surface area contributed by atoms with Crippen molar-refractivity contribution in [1.82, 2.24) is 0 Å². The minimum atomic E-state index is -0.573. The number of rotatable bonds is 4. The number of thiocarbonyl (C=S) groups is 1. The van der Waals surface area contributed by atoms with Crippen LogP contribution in [-0.4, -0.2) is 9.91 Å². The Labute approximate surface area is 135 Å². The van der Waals surface area contributed by atoms with Crippen LogP contribution in [-0.2, 0) is 0 Å². The molecule has 22 heavy (non-hydrogen) atoms. The molecule has 0 aliphatic heterocycles. The Kier molecular flexibility index (Phi) is 4.56. The molecule has 0 bridgehead atoms. The molecule has 0 amide bonds. The number of nitriles is 1. The van der Waals surface area contributed by atoms with E-state index in [1.807, 2.05) is 6.07 Å². The van der Waals surface area contributed by atoms with Crippen LogP contribution in [0.1, 0.15) is 5.76 Å². The molecular formula is C14H8ClN3O3S. The van der Waals surface area contributed by atoms with E-state index in [0.29, 0.717) is 17.1 Å². The number of hydrogen-bond acceptors (Lipinski definition) is 5. The maximum atomic E-state index is 10.9. The van der Waals surface area contributed by atoms with Gasteiger partial charge in [-0.1, -0.05) is 23.8 Å². The Hall–Kier alpha value is -2.69. The van der Waals surface area contributed by atoms with Gasteiger partial charge in [-0.3, -0.25) is 10.1 Å². The third kappa shape index (κ3) is 3.31. The Morgan fingerprint density at radius 2 is 2.18 bits per heavy atom. The van der Waals surface area contributed by atoms with E-state index in [2.05, 4.69) is 0 Å². The molecule has 0 aliphatic carbocycles. The average Bonchev–Trinajstić information content (AvgIpc) is 2.93. The number of nitrogens with two attached hydrogens (primary N) is 1. The fourth-order valence-electron chi connectivity index (χ4n) is 1.69. The molecule has 6 nitrogen and oxygen atoms in total. The number of nitro groups is 1. The van der Waals surface area contributed by atoms with Crippen LogP contribution in [0.3, 0.4) is 0 Å². The normalized spacial score (nSPS) is 11.0. The van der Waals surface area contributed by atoms with Crippen molar-refractivity contribution in [1.29, 1.82) is 5.26 Å². The molecule has 2 aromatic rings. The van der Waals surface area contributed by atoms with Crippen LogP contribution in [0.4, 0.5) is 5.69 Å². The molecule has 1 heterocycles. The summed E-state index contributed by atoms with van der Waals surface area (Å²) in [4.78, 5) is 10.3. The van der Waals surface area contributed by atoms with Crippen molar-refractivity contribution in [3.8, 4) is 17.4 Å². The molecule has 1 aromatic heterocycles. The van der Waals surface area contributed by atoms with Gasteiger partial charge in [0.2, 0.25) is 0 Å². The van der Waals surface area contributed by atoms with E-state index in [1.165, 1.54) is 18.2 Å². The van der Waals surface area contributed by atoms with E-state index >= 15 is 0 Å². The lowest BCUT2D eigenvalue weighted by molar-refractivity contribution is -0.384. The summed E-state index contributed by atoms with van der Waals surface area (Å²) in [7, 11) is 0. The van der Waals surface area contributed by atoms with Crippen molar-refractivity contribution in [3.63, 3.8) is 0 Å². The van der Waals surface area contributed by atoms with E-state index in [9.17, 15) is 10.1 Å². The molecule has 2 N–H and O–H groups in total. The van der Waals surface area contributed by atoms with Crippen molar-refractivity contribution in [2.45, 2.75) is 0 Å². The number of furan rings is 1. The largest absolute Gasteiger partial charge is 0.457 e. The molecule has 0 aliphatic rings. The smallest absolute Gasteiger partial charge is 0.288 e. The van der Waals surface area contributed by atoms with E-state index in [0.717, 1.165) is 0 Å². The Morgan fingerprint density at radius 1 is 1.45 bits per heavy atom. The van der Waals surface area contributed by atoms with Crippen LogP contribution in [0.2, 0.25) is 5.02 Å². The van der Waals surface area contributed by atoms with Crippen molar-refractivity contribution in [3.05, 3.63) is 56.8 Å². The third-order valence-electron chi connectivity index (χ3n) is 2.73. The highest BCUT2D eigenvalue weighted by molar-refractivity contribution is 7.80. The van der Waals surface area contributed by atoms with E-state index < -0.39 is 4.92 Å². The fourth-order valence-corrected chi connectivity index (χ4v) is 1.98. The average molecular weight is 334 g/mol. The Balaban J connectivity index is 2.41. The van der Waals surface area contributed by atoms with Gasteiger partial charge in [0.05, 0.1) is 10.5 Å².